The van der Waals surface area contributed by atoms with Crippen molar-refractivity contribution in [2.75, 3.05) is 24.1 Å². The average molecular weight is 316 g/mol. The van der Waals surface area contributed by atoms with Crippen LogP contribution in [-0.2, 0) is 9.59 Å². The van der Waals surface area contributed by atoms with Crippen LogP contribution in [-0.4, -0.2) is 34.8 Å². The quantitative estimate of drug-likeness (QED) is 0.893. The van der Waals surface area contributed by atoms with Crippen LogP contribution in [0, 0.1) is 11.8 Å². The summed E-state index contributed by atoms with van der Waals surface area (Å²) in [6, 6.07) is 3.39. The van der Waals surface area contributed by atoms with Crippen LogP contribution >= 0.6 is 0 Å². The third-order valence-electron chi connectivity index (χ3n) is 4.89. The first-order valence-electron chi connectivity index (χ1n) is 8.46. The number of rotatable bonds is 3. The van der Waals surface area contributed by atoms with E-state index in [0.29, 0.717) is 11.5 Å². The van der Waals surface area contributed by atoms with Gasteiger partial charge in [-0.05, 0) is 37.8 Å². The van der Waals surface area contributed by atoms with Crippen molar-refractivity contribution >= 4 is 23.3 Å². The number of anilines is 2. The molecule has 1 aliphatic carbocycles. The molecular weight excluding hydrogens is 292 g/mol. The van der Waals surface area contributed by atoms with Crippen LogP contribution in [0.3, 0.4) is 0 Å². The van der Waals surface area contributed by atoms with E-state index in [1.807, 2.05) is 4.90 Å². The summed E-state index contributed by atoms with van der Waals surface area (Å²) < 4.78 is 0. The van der Waals surface area contributed by atoms with Crippen molar-refractivity contribution in [1.29, 1.82) is 0 Å². The van der Waals surface area contributed by atoms with E-state index < -0.39 is 0 Å². The Labute approximate surface area is 136 Å². The van der Waals surface area contributed by atoms with Gasteiger partial charge in [-0.3, -0.25) is 9.59 Å². The Morgan fingerprint density at radius 1 is 1.09 bits per heavy atom. The molecular formula is C17H24N4O2. The first kappa shape index (κ1) is 15.8. The Balaban J connectivity index is 1.68. The predicted octanol–water partition coefficient (Wildman–Crippen LogP) is 2.03. The summed E-state index contributed by atoms with van der Waals surface area (Å²) in [6.07, 6.45) is 7.32. The molecule has 1 aromatic rings. The lowest BCUT2D eigenvalue weighted by molar-refractivity contribution is -0.141. The van der Waals surface area contributed by atoms with E-state index in [4.69, 9.17) is 5.73 Å². The van der Waals surface area contributed by atoms with Crippen molar-refractivity contribution in [3.8, 4) is 0 Å². The number of hydrogen-bond acceptors (Lipinski definition) is 4. The molecule has 2 aliphatic rings. The molecule has 2 atom stereocenters. The van der Waals surface area contributed by atoms with E-state index >= 15 is 0 Å². The number of pyridine rings is 1. The van der Waals surface area contributed by atoms with Crippen LogP contribution in [0.1, 0.15) is 38.5 Å². The fourth-order valence-corrected chi connectivity index (χ4v) is 3.63. The molecule has 3 N–H and O–H groups in total. The Kier molecular flexibility index (Phi) is 4.79. The van der Waals surface area contributed by atoms with Crippen LogP contribution in [0.5, 0.6) is 0 Å². The van der Waals surface area contributed by atoms with E-state index in [-0.39, 0.29) is 23.7 Å². The fraction of sp³-hybridized carbons (Fsp3) is 0.588. The van der Waals surface area contributed by atoms with Gasteiger partial charge in [0.1, 0.15) is 5.82 Å². The highest BCUT2D eigenvalue weighted by atomic mass is 16.2. The summed E-state index contributed by atoms with van der Waals surface area (Å²) in [5.41, 5.74) is 6.18. The van der Waals surface area contributed by atoms with Crippen LogP contribution < -0.4 is 11.1 Å². The number of hydrogen-bond donors (Lipinski definition) is 2. The van der Waals surface area contributed by atoms with E-state index in [0.717, 1.165) is 51.6 Å². The number of aromatic nitrogens is 1. The second-order valence-electron chi connectivity index (χ2n) is 6.49. The highest BCUT2D eigenvalue weighted by molar-refractivity contribution is 5.96. The van der Waals surface area contributed by atoms with Crippen molar-refractivity contribution in [3.63, 3.8) is 0 Å². The largest absolute Gasteiger partial charge is 0.384 e. The van der Waals surface area contributed by atoms with Crippen LogP contribution in [0.15, 0.2) is 18.3 Å². The highest BCUT2D eigenvalue weighted by Crippen LogP contribution is 2.33. The minimum Gasteiger partial charge on any atom is -0.384 e. The Bertz CT molecular complexity index is 566. The van der Waals surface area contributed by atoms with Crippen LogP contribution in [0.25, 0.3) is 0 Å². The minimum absolute atomic E-state index is 0.0752. The molecule has 3 rings (SSSR count). The molecule has 1 saturated heterocycles. The van der Waals surface area contributed by atoms with Crippen LogP contribution in [0.2, 0.25) is 0 Å². The third kappa shape index (κ3) is 3.63. The average Bonchev–Trinajstić information content (AvgIpc) is 3.11. The van der Waals surface area contributed by atoms with Gasteiger partial charge in [0.05, 0.1) is 11.9 Å². The van der Waals surface area contributed by atoms with E-state index in [9.17, 15) is 9.59 Å². The first-order chi connectivity index (χ1) is 11.1. The molecule has 6 nitrogen and oxygen atoms in total. The number of nitrogens with zero attached hydrogens (tertiary/aromatic N) is 2. The van der Waals surface area contributed by atoms with Gasteiger partial charge in [-0.25, -0.2) is 4.98 Å². The number of amides is 2. The van der Waals surface area contributed by atoms with Crippen molar-refractivity contribution < 1.29 is 9.59 Å². The second kappa shape index (κ2) is 6.98. The van der Waals surface area contributed by atoms with E-state index in [1.54, 1.807) is 18.3 Å². The van der Waals surface area contributed by atoms with Gasteiger partial charge in [-0.15, -0.1) is 0 Å². The Morgan fingerprint density at radius 2 is 1.78 bits per heavy atom. The zero-order chi connectivity index (χ0) is 16.2. The zero-order valence-electron chi connectivity index (χ0n) is 13.3. The van der Waals surface area contributed by atoms with E-state index in [1.165, 1.54) is 0 Å². The smallest absolute Gasteiger partial charge is 0.228 e. The van der Waals surface area contributed by atoms with Gasteiger partial charge in [0.25, 0.3) is 0 Å². The minimum atomic E-state index is -0.241. The standard InChI is InChI=1S/C17H24N4O2/c18-15-8-7-12(11-19-15)20-16(22)13-5-1-2-6-14(13)17(23)21-9-3-4-10-21/h7-8,11,13-14H,1-6,9-10H2,(H2,18,19)(H,20,22). The maximum atomic E-state index is 12.7. The summed E-state index contributed by atoms with van der Waals surface area (Å²) in [6.45, 7) is 1.68. The predicted molar refractivity (Wildman–Crippen MR) is 88.5 cm³/mol. The molecule has 0 bridgehead atoms. The summed E-state index contributed by atoms with van der Waals surface area (Å²) in [4.78, 5) is 31.3. The summed E-state index contributed by atoms with van der Waals surface area (Å²) >= 11 is 0. The molecule has 0 spiro atoms. The zero-order valence-corrected chi connectivity index (χ0v) is 13.3. The molecule has 1 saturated carbocycles. The Hall–Kier alpha value is -2.11. The summed E-state index contributed by atoms with van der Waals surface area (Å²) in [5, 5.41) is 2.89. The lowest BCUT2D eigenvalue weighted by atomic mass is 9.78. The van der Waals surface area contributed by atoms with Crippen molar-refractivity contribution in [2.24, 2.45) is 11.8 Å². The summed E-state index contributed by atoms with van der Waals surface area (Å²) in [5.74, 6) is 0.0901. The molecule has 6 heteroatoms. The number of carbonyl (C=O) groups excluding carboxylic acids is 2. The summed E-state index contributed by atoms with van der Waals surface area (Å²) in [7, 11) is 0. The van der Waals surface area contributed by atoms with Gasteiger partial charge in [0.15, 0.2) is 0 Å². The van der Waals surface area contributed by atoms with Gasteiger partial charge in [-0.1, -0.05) is 12.8 Å². The van der Waals surface area contributed by atoms with Crippen molar-refractivity contribution in [2.45, 2.75) is 38.5 Å². The molecule has 2 unspecified atom stereocenters. The fourth-order valence-electron chi connectivity index (χ4n) is 3.63. The number of carbonyl (C=O) groups is 2. The lowest BCUT2D eigenvalue weighted by Crippen LogP contribution is -2.42. The topological polar surface area (TPSA) is 88.3 Å². The molecule has 2 fully saturated rings. The number of nitrogens with two attached hydrogens (primary N) is 1. The molecule has 23 heavy (non-hydrogen) atoms. The number of likely N-dealkylation sites (tertiary alicyclic amines) is 1. The first-order valence-corrected chi connectivity index (χ1v) is 8.46. The highest BCUT2D eigenvalue weighted by Gasteiger charge is 2.38. The maximum absolute atomic E-state index is 12.7. The van der Waals surface area contributed by atoms with Crippen molar-refractivity contribution in [3.05, 3.63) is 18.3 Å². The number of nitrogen functional groups attached to an aromatic ring is 1. The van der Waals surface area contributed by atoms with Gasteiger partial charge in [0.2, 0.25) is 11.8 Å². The Morgan fingerprint density at radius 3 is 2.43 bits per heavy atom. The molecule has 2 heterocycles. The monoisotopic (exact) mass is 316 g/mol. The third-order valence-corrected chi connectivity index (χ3v) is 4.89. The SMILES string of the molecule is Nc1ccc(NC(=O)C2CCCCC2C(=O)N2CCCC2)cn1. The van der Waals surface area contributed by atoms with Crippen molar-refractivity contribution in [1.82, 2.24) is 9.88 Å². The molecule has 1 aliphatic heterocycles. The molecule has 0 radical (unpaired) electrons. The maximum Gasteiger partial charge on any atom is 0.228 e. The molecule has 1 aromatic heterocycles. The number of nitrogens with one attached hydrogen (secondary N) is 1. The molecule has 124 valence electrons. The van der Waals surface area contributed by atoms with E-state index in [2.05, 4.69) is 10.3 Å². The van der Waals surface area contributed by atoms with Crippen LogP contribution in [0.4, 0.5) is 11.5 Å². The van der Waals surface area contributed by atoms with Gasteiger partial charge in [-0.2, -0.15) is 0 Å². The van der Waals surface area contributed by atoms with Gasteiger partial charge in [0, 0.05) is 24.9 Å². The molecule has 2 amide bonds. The van der Waals surface area contributed by atoms with Gasteiger partial charge < -0.3 is 16.0 Å². The molecule has 0 aromatic carbocycles. The normalized spacial score (nSPS) is 24.4. The van der Waals surface area contributed by atoms with Gasteiger partial charge >= 0.3 is 0 Å². The lowest BCUT2D eigenvalue weighted by Gasteiger charge is -2.32. The second-order valence-corrected chi connectivity index (χ2v) is 6.49.